The molecule has 1 aliphatic heterocycles. The van der Waals surface area contributed by atoms with Gasteiger partial charge in [0, 0.05) is 25.2 Å². The van der Waals surface area contributed by atoms with Gasteiger partial charge < -0.3 is 15.0 Å². The van der Waals surface area contributed by atoms with Gasteiger partial charge in [-0.2, -0.15) is 0 Å². The molecule has 2 unspecified atom stereocenters. The number of piperazine rings is 1. The summed E-state index contributed by atoms with van der Waals surface area (Å²) in [5, 5.41) is 3.61. The maximum absolute atomic E-state index is 12.4. The monoisotopic (exact) mass is 298 g/mol. The van der Waals surface area contributed by atoms with Gasteiger partial charge in [0.1, 0.15) is 0 Å². The van der Waals surface area contributed by atoms with Crippen molar-refractivity contribution in [2.45, 2.75) is 66.5 Å². The van der Waals surface area contributed by atoms with E-state index in [0.717, 1.165) is 25.9 Å². The van der Waals surface area contributed by atoms with Crippen LogP contribution in [0.15, 0.2) is 0 Å². The predicted octanol–water partition coefficient (Wildman–Crippen LogP) is 3.51. The molecule has 21 heavy (non-hydrogen) atoms. The summed E-state index contributed by atoms with van der Waals surface area (Å²) in [7, 11) is 0. The van der Waals surface area contributed by atoms with Crippen molar-refractivity contribution in [2.75, 3.05) is 19.7 Å². The van der Waals surface area contributed by atoms with Crippen LogP contribution in [0.25, 0.3) is 0 Å². The normalized spacial score (nSPS) is 23.2. The lowest BCUT2D eigenvalue weighted by Gasteiger charge is -2.41. The van der Waals surface area contributed by atoms with Crippen molar-refractivity contribution in [3.8, 4) is 0 Å². The quantitative estimate of drug-likeness (QED) is 0.816. The van der Waals surface area contributed by atoms with Crippen LogP contribution in [0.4, 0.5) is 4.79 Å². The number of carbonyl (C=O) groups is 1. The molecule has 1 aliphatic rings. The average molecular weight is 298 g/mol. The molecular formula is C17H34N2O2. The van der Waals surface area contributed by atoms with Crippen molar-refractivity contribution in [1.82, 2.24) is 10.2 Å². The van der Waals surface area contributed by atoms with Crippen LogP contribution in [-0.4, -0.2) is 42.8 Å². The second-order valence-electron chi connectivity index (χ2n) is 7.64. The fourth-order valence-corrected chi connectivity index (χ4v) is 2.89. The second-order valence-corrected chi connectivity index (χ2v) is 7.64. The van der Waals surface area contributed by atoms with Gasteiger partial charge in [-0.25, -0.2) is 4.79 Å². The summed E-state index contributed by atoms with van der Waals surface area (Å²) in [5.74, 6) is 1.60. The Kier molecular flexibility index (Phi) is 7.50. The molecule has 1 amide bonds. The lowest BCUT2D eigenvalue weighted by atomic mass is 9.96. The maximum atomic E-state index is 12.4. The lowest BCUT2D eigenvalue weighted by Crippen LogP contribution is -2.59. The van der Waals surface area contributed by atoms with E-state index < -0.39 is 0 Å². The lowest BCUT2D eigenvalue weighted by molar-refractivity contribution is 0.0534. The minimum Gasteiger partial charge on any atom is -0.449 e. The first-order valence-corrected chi connectivity index (χ1v) is 8.46. The number of hydrogen-bond donors (Lipinski definition) is 1. The first-order valence-electron chi connectivity index (χ1n) is 8.46. The van der Waals surface area contributed by atoms with Crippen molar-refractivity contribution in [2.24, 2.45) is 17.8 Å². The fourth-order valence-electron chi connectivity index (χ4n) is 2.89. The summed E-state index contributed by atoms with van der Waals surface area (Å²) < 4.78 is 5.47. The van der Waals surface area contributed by atoms with Gasteiger partial charge in [0.2, 0.25) is 0 Å². The van der Waals surface area contributed by atoms with Crippen LogP contribution >= 0.6 is 0 Å². The topological polar surface area (TPSA) is 41.6 Å². The van der Waals surface area contributed by atoms with E-state index in [1.165, 1.54) is 0 Å². The molecule has 0 saturated carbocycles. The SMILES string of the molecule is CC(C)COC(=O)N1CC(CC(C)C)NCC1CC(C)C. The maximum Gasteiger partial charge on any atom is 0.410 e. The molecule has 1 heterocycles. The Morgan fingerprint density at radius 1 is 1.10 bits per heavy atom. The van der Waals surface area contributed by atoms with E-state index in [9.17, 15) is 4.79 Å². The van der Waals surface area contributed by atoms with Crippen LogP contribution in [0.1, 0.15) is 54.4 Å². The molecule has 0 bridgehead atoms. The number of amides is 1. The number of rotatable bonds is 6. The minimum absolute atomic E-state index is 0.135. The molecule has 1 rings (SSSR count). The summed E-state index contributed by atoms with van der Waals surface area (Å²) in [6.45, 7) is 15.2. The Bertz CT molecular complexity index is 316. The van der Waals surface area contributed by atoms with Gasteiger partial charge in [0.25, 0.3) is 0 Å². The van der Waals surface area contributed by atoms with Crippen molar-refractivity contribution in [3.05, 3.63) is 0 Å². The van der Waals surface area contributed by atoms with Crippen LogP contribution in [-0.2, 0) is 4.74 Å². The number of hydrogen-bond acceptors (Lipinski definition) is 3. The van der Waals surface area contributed by atoms with Gasteiger partial charge in [-0.05, 0) is 30.6 Å². The second kappa shape index (κ2) is 8.62. The smallest absolute Gasteiger partial charge is 0.410 e. The van der Waals surface area contributed by atoms with Crippen LogP contribution in [0.3, 0.4) is 0 Å². The van der Waals surface area contributed by atoms with Gasteiger partial charge in [0.15, 0.2) is 0 Å². The highest BCUT2D eigenvalue weighted by molar-refractivity contribution is 5.68. The van der Waals surface area contributed by atoms with Gasteiger partial charge in [-0.3, -0.25) is 0 Å². The molecule has 1 N–H and O–H groups in total. The largest absolute Gasteiger partial charge is 0.449 e. The van der Waals surface area contributed by atoms with Gasteiger partial charge in [0.05, 0.1) is 6.61 Å². The molecule has 2 atom stereocenters. The van der Waals surface area contributed by atoms with Crippen molar-refractivity contribution >= 4 is 6.09 Å². The summed E-state index contributed by atoms with van der Waals surface area (Å²) in [6.07, 6.45) is 1.99. The van der Waals surface area contributed by atoms with Crippen LogP contribution in [0, 0.1) is 17.8 Å². The van der Waals surface area contributed by atoms with Gasteiger partial charge >= 0.3 is 6.09 Å². The van der Waals surface area contributed by atoms with Crippen molar-refractivity contribution < 1.29 is 9.53 Å². The molecule has 0 spiro atoms. The minimum atomic E-state index is -0.135. The average Bonchev–Trinajstić information content (AvgIpc) is 2.36. The zero-order valence-corrected chi connectivity index (χ0v) is 14.7. The summed E-state index contributed by atoms with van der Waals surface area (Å²) in [6, 6.07) is 0.646. The zero-order valence-electron chi connectivity index (χ0n) is 14.7. The fraction of sp³-hybridized carbons (Fsp3) is 0.941. The summed E-state index contributed by atoms with van der Waals surface area (Å²) >= 11 is 0. The predicted molar refractivity (Wildman–Crippen MR) is 87.4 cm³/mol. The van der Waals surface area contributed by atoms with E-state index in [4.69, 9.17) is 4.74 Å². The molecule has 4 nitrogen and oxygen atoms in total. The van der Waals surface area contributed by atoms with E-state index >= 15 is 0 Å². The Morgan fingerprint density at radius 3 is 2.24 bits per heavy atom. The van der Waals surface area contributed by atoms with E-state index in [-0.39, 0.29) is 12.1 Å². The molecule has 0 aliphatic carbocycles. The number of nitrogens with zero attached hydrogens (tertiary/aromatic N) is 1. The summed E-state index contributed by atoms with van der Waals surface area (Å²) in [4.78, 5) is 14.4. The summed E-state index contributed by atoms with van der Waals surface area (Å²) in [5.41, 5.74) is 0. The Balaban J connectivity index is 2.65. The van der Waals surface area contributed by atoms with Crippen molar-refractivity contribution in [3.63, 3.8) is 0 Å². The van der Waals surface area contributed by atoms with Crippen molar-refractivity contribution in [1.29, 1.82) is 0 Å². The van der Waals surface area contributed by atoms with Crippen LogP contribution in [0.2, 0.25) is 0 Å². The third-order valence-corrected chi connectivity index (χ3v) is 3.77. The highest BCUT2D eigenvalue weighted by Gasteiger charge is 2.32. The standard InChI is InChI=1S/C17H34N2O2/c1-12(2)7-15-10-19(17(20)21-11-14(5)6)16(9-18-15)8-13(3)4/h12-16,18H,7-11H2,1-6H3. The molecule has 0 aromatic carbocycles. The highest BCUT2D eigenvalue weighted by atomic mass is 16.6. The van der Waals surface area contributed by atoms with Gasteiger partial charge in [-0.15, -0.1) is 0 Å². The number of ether oxygens (including phenoxy) is 1. The van der Waals surface area contributed by atoms with Crippen LogP contribution < -0.4 is 5.32 Å². The third-order valence-electron chi connectivity index (χ3n) is 3.77. The van der Waals surface area contributed by atoms with E-state index in [2.05, 4.69) is 46.9 Å². The Labute approximate surface area is 130 Å². The molecule has 124 valence electrons. The first kappa shape index (κ1) is 18.3. The number of carbonyl (C=O) groups excluding carboxylic acids is 1. The van der Waals surface area contributed by atoms with E-state index in [1.807, 2.05) is 4.90 Å². The van der Waals surface area contributed by atoms with Gasteiger partial charge in [-0.1, -0.05) is 41.5 Å². The molecule has 0 aromatic rings. The number of nitrogens with one attached hydrogen (secondary N) is 1. The Hall–Kier alpha value is -0.770. The Morgan fingerprint density at radius 2 is 1.71 bits per heavy atom. The third kappa shape index (κ3) is 6.68. The first-order chi connectivity index (χ1) is 9.79. The molecule has 0 radical (unpaired) electrons. The van der Waals surface area contributed by atoms with E-state index in [1.54, 1.807) is 0 Å². The molecule has 1 fully saturated rings. The molecule has 1 saturated heterocycles. The van der Waals surface area contributed by atoms with E-state index in [0.29, 0.717) is 30.4 Å². The molecular weight excluding hydrogens is 264 g/mol. The van der Waals surface area contributed by atoms with Crippen LogP contribution in [0.5, 0.6) is 0 Å². The molecule has 0 aromatic heterocycles. The highest BCUT2D eigenvalue weighted by Crippen LogP contribution is 2.19. The zero-order chi connectivity index (χ0) is 16.0. The molecule has 4 heteroatoms.